The van der Waals surface area contributed by atoms with Gasteiger partial charge in [-0.15, -0.1) is 0 Å². The van der Waals surface area contributed by atoms with Gasteiger partial charge in [-0.25, -0.2) is 4.57 Å². The summed E-state index contributed by atoms with van der Waals surface area (Å²) in [6.07, 6.45) is 0. The van der Waals surface area contributed by atoms with Crippen LogP contribution in [0.2, 0.25) is 0 Å². The van der Waals surface area contributed by atoms with Gasteiger partial charge in [0.05, 0.1) is 0 Å². The molecule has 0 saturated heterocycles. The predicted octanol–water partition coefficient (Wildman–Crippen LogP) is -2.13. The Morgan fingerprint density at radius 1 is 1.00 bits per heavy atom. The summed E-state index contributed by atoms with van der Waals surface area (Å²) in [6.45, 7) is 0. The minimum absolute atomic E-state index is 0. The number of rotatable bonds is 0. The molecule has 0 aromatic carbocycles. The van der Waals surface area contributed by atoms with Crippen LogP contribution in [0.4, 0.5) is 4.70 Å². The first kappa shape index (κ1) is 17.3. The van der Waals surface area contributed by atoms with E-state index in [4.69, 9.17) is 35.2 Å². The van der Waals surface area contributed by atoms with Crippen molar-refractivity contribution in [2.45, 2.75) is 0 Å². The van der Waals surface area contributed by atoms with E-state index in [9.17, 15) is 0 Å². The summed E-state index contributed by atoms with van der Waals surface area (Å²) in [5, 5.41) is 0. The average molecular weight is 236 g/mol. The molecular formula is H6CrFO8P. The molecule has 0 unspecified atom stereocenters. The Kier molecular flexibility index (Phi) is 8.95. The molecule has 0 aliphatic carbocycles. The van der Waals surface area contributed by atoms with E-state index in [1.807, 2.05) is 0 Å². The molecule has 11 heteroatoms. The van der Waals surface area contributed by atoms with E-state index in [0.717, 1.165) is 0 Å². The van der Waals surface area contributed by atoms with Crippen LogP contribution in [0.3, 0.4) is 0 Å². The molecule has 8 nitrogen and oxygen atoms in total. The molecular weight excluding hydrogens is 230 g/mol. The molecule has 11 heavy (non-hydrogen) atoms. The predicted molar refractivity (Wildman–Crippen MR) is 22.6 cm³/mol. The van der Waals surface area contributed by atoms with Crippen LogP contribution in [0.1, 0.15) is 0 Å². The molecule has 0 saturated carbocycles. The van der Waals surface area contributed by atoms with Gasteiger partial charge in [0.2, 0.25) is 0 Å². The molecule has 0 aromatic rings. The van der Waals surface area contributed by atoms with Gasteiger partial charge < -0.3 is 14.7 Å². The second kappa shape index (κ2) is 5.71. The van der Waals surface area contributed by atoms with Crippen molar-refractivity contribution in [2.75, 3.05) is 0 Å². The summed E-state index contributed by atoms with van der Waals surface area (Å²) in [5.41, 5.74) is 0. The fourth-order valence-corrected chi connectivity index (χ4v) is 0. The Balaban J connectivity index is -0.000000107. The summed E-state index contributed by atoms with van der Waals surface area (Å²) < 4.78 is 40.8. The van der Waals surface area contributed by atoms with E-state index < -0.39 is 21.4 Å². The Hall–Kier alpha value is 0.0925. The van der Waals surface area contributed by atoms with Crippen molar-refractivity contribution < 1.29 is 53.5 Å². The average Bonchev–Trinajstić information content (AvgIpc) is 1.12. The zero-order valence-electron chi connectivity index (χ0n) is 4.72. The van der Waals surface area contributed by atoms with Crippen LogP contribution in [-0.4, -0.2) is 23.0 Å². The zero-order chi connectivity index (χ0) is 9.00. The van der Waals surface area contributed by atoms with Gasteiger partial charge >= 0.3 is 37.4 Å². The Morgan fingerprint density at radius 3 is 1.00 bits per heavy atom. The second-order valence-corrected chi connectivity index (χ2v) is 3.39. The van der Waals surface area contributed by atoms with Crippen LogP contribution >= 0.6 is 7.82 Å². The molecule has 0 fully saturated rings. The van der Waals surface area contributed by atoms with Gasteiger partial charge in [0, 0.05) is 0 Å². The quantitative estimate of drug-likeness (QED) is 0.299. The molecule has 5 N–H and O–H groups in total. The normalized spacial score (nSPS) is 10.6. The third kappa shape index (κ3) is 77300. The van der Waals surface area contributed by atoms with E-state index in [-0.39, 0.29) is 4.70 Å². The van der Waals surface area contributed by atoms with Crippen LogP contribution in [0.25, 0.3) is 0 Å². The van der Waals surface area contributed by atoms with Crippen LogP contribution in [0.5, 0.6) is 0 Å². The first-order valence-electron chi connectivity index (χ1n) is 1.48. The topological polar surface area (TPSA) is 152 Å². The molecule has 0 aromatic heterocycles. The van der Waals surface area contributed by atoms with Gasteiger partial charge in [0.15, 0.2) is 0 Å². The van der Waals surface area contributed by atoms with Crippen LogP contribution < -0.4 is 0 Å². The molecule has 0 aliphatic heterocycles. The van der Waals surface area contributed by atoms with E-state index in [1.165, 1.54) is 0 Å². The van der Waals surface area contributed by atoms with Crippen LogP contribution in [-0.2, 0) is 25.8 Å². The van der Waals surface area contributed by atoms with Gasteiger partial charge in [-0.1, -0.05) is 0 Å². The molecule has 0 bridgehead atoms. The van der Waals surface area contributed by atoms with Gasteiger partial charge in [-0.2, -0.15) is 0 Å². The summed E-state index contributed by atoms with van der Waals surface area (Å²) in [5.74, 6) is 0. The zero-order valence-corrected chi connectivity index (χ0v) is 6.89. The molecule has 0 aliphatic rings. The van der Waals surface area contributed by atoms with Gasteiger partial charge in [0.25, 0.3) is 0 Å². The van der Waals surface area contributed by atoms with E-state index >= 15 is 0 Å². The fourth-order valence-electron chi connectivity index (χ4n) is 0. The fraction of sp³-hybridized carbons (Fsp3) is 0. The van der Waals surface area contributed by atoms with Gasteiger partial charge in [-0.05, 0) is 0 Å². The second-order valence-electron chi connectivity index (χ2n) is 0.961. The molecule has 0 radical (unpaired) electrons. The first-order chi connectivity index (χ1) is 4.00. The Bertz CT molecular complexity index is 192. The van der Waals surface area contributed by atoms with Crippen molar-refractivity contribution in [3.05, 3.63) is 0 Å². The van der Waals surface area contributed by atoms with Crippen molar-refractivity contribution >= 4 is 7.82 Å². The SMILES string of the molecule is F.O=P(O)(O)O.[O]=[Cr](=[O])([OH])[OH]. The Labute approximate surface area is 62.1 Å². The van der Waals surface area contributed by atoms with Crippen LogP contribution in [0, 0.1) is 0 Å². The van der Waals surface area contributed by atoms with E-state index in [1.54, 1.807) is 0 Å². The van der Waals surface area contributed by atoms with Crippen molar-refractivity contribution in [2.24, 2.45) is 0 Å². The Morgan fingerprint density at radius 2 is 1.00 bits per heavy atom. The maximum absolute atomic E-state index is 8.88. The van der Waals surface area contributed by atoms with Crippen LogP contribution in [0.15, 0.2) is 0 Å². The minimum atomic E-state index is -5.25. The maximum atomic E-state index is 8.88. The third-order valence-corrected chi connectivity index (χ3v) is 0. The summed E-state index contributed by atoms with van der Waals surface area (Å²) in [4.78, 5) is 21.6. The van der Waals surface area contributed by atoms with Crippen molar-refractivity contribution in [1.29, 1.82) is 0 Å². The summed E-state index contributed by atoms with van der Waals surface area (Å²) in [7, 11) is -4.64. The van der Waals surface area contributed by atoms with E-state index in [2.05, 4.69) is 0 Å². The standard InChI is InChI=1S/Cr.FH.H3O4P.2H2O.2O/c;;1-5(2,3)4;;;;/h;1H;(H3,1,2,3,4);2*1H2;;/q+2;;;;;;/p-2. The molecule has 0 amide bonds. The number of phosphoric acid groups is 1. The molecule has 0 spiro atoms. The molecule has 0 rings (SSSR count). The molecule has 72 valence electrons. The van der Waals surface area contributed by atoms with Crippen molar-refractivity contribution in [3.63, 3.8) is 0 Å². The third-order valence-electron chi connectivity index (χ3n) is 0. The summed E-state index contributed by atoms with van der Waals surface area (Å²) >= 11 is -5.25. The van der Waals surface area contributed by atoms with Gasteiger partial charge in [0.1, 0.15) is 0 Å². The van der Waals surface area contributed by atoms with E-state index in [0.29, 0.717) is 0 Å². The monoisotopic (exact) mass is 236 g/mol. The first-order valence-corrected chi connectivity index (χ1v) is 5.23. The van der Waals surface area contributed by atoms with Gasteiger partial charge in [-0.3, -0.25) is 4.70 Å². The number of hydrogen-bond donors (Lipinski definition) is 5. The number of halogens is 1. The molecule has 0 atom stereocenters. The van der Waals surface area contributed by atoms with Crippen molar-refractivity contribution in [1.82, 2.24) is 0 Å². The summed E-state index contributed by atoms with van der Waals surface area (Å²) in [6, 6.07) is 0. The van der Waals surface area contributed by atoms with Crippen molar-refractivity contribution in [3.8, 4) is 0 Å². The number of hydrogen-bond acceptors (Lipinski definition) is 3. The molecule has 0 heterocycles.